The number of nitrogens with two attached hydrogens (primary N) is 1. The largest absolute Gasteiger partial charge is 0.393 e. The van der Waals surface area contributed by atoms with Crippen molar-refractivity contribution in [2.75, 3.05) is 0 Å². The van der Waals surface area contributed by atoms with Crippen LogP contribution in [0.3, 0.4) is 0 Å². The summed E-state index contributed by atoms with van der Waals surface area (Å²) in [5.41, 5.74) is 9.08. The normalized spacial score (nSPS) is 31.6. The van der Waals surface area contributed by atoms with E-state index in [1.54, 1.807) is 0 Å². The van der Waals surface area contributed by atoms with Gasteiger partial charge in [-0.05, 0) is 26.7 Å². The number of nitrogens with zero attached hydrogens (tertiary/aromatic N) is 2. The standard InChI is InChI=1S/C10H17N3O/c1-6-9(7(2)13(3)12-6)10(11)4-8(14)5-10/h8,14H,4-5,11H2,1-3H3. The first kappa shape index (κ1) is 9.68. The average Bonchev–Trinajstić information content (AvgIpc) is 2.24. The molecule has 1 heterocycles. The summed E-state index contributed by atoms with van der Waals surface area (Å²) in [6.45, 7) is 4.00. The van der Waals surface area contributed by atoms with E-state index in [1.807, 2.05) is 25.6 Å². The molecule has 0 unspecified atom stereocenters. The van der Waals surface area contributed by atoms with Crippen molar-refractivity contribution in [3.05, 3.63) is 17.0 Å². The molecule has 14 heavy (non-hydrogen) atoms. The van der Waals surface area contributed by atoms with Crippen LogP contribution in [0.5, 0.6) is 0 Å². The van der Waals surface area contributed by atoms with E-state index in [9.17, 15) is 5.11 Å². The fourth-order valence-electron chi connectivity index (χ4n) is 2.48. The molecule has 0 atom stereocenters. The van der Waals surface area contributed by atoms with Crippen LogP contribution in [0.1, 0.15) is 29.8 Å². The Morgan fingerprint density at radius 3 is 2.43 bits per heavy atom. The summed E-state index contributed by atoms with van der Waals surface area (Å²) in [4.78, 5) is 0. The summed E-state index contributed by atoms with van der Waals surface area (Å²) in [5, 5.41) is 13.7. The van der Waals surface area contributed by atoms with Gasteiger partial charge in [-0.1, -0.05) is 0 Å². The fraction of sp³-hybridized carbons (Fsp3) is 0.700. The molecular weight excluding hydrogens is 178 g/mol. The SMILES string of the molecule is Cc1nn(C)c(C)c1C1(N)CC(O)C1. The van der Waals surface area contributed by atoms with Crippen LogP contribution in [0.15, 0.2) is 0 Å². The van der Waals surface area contributed by atoms with Crippen LogP contribution in [0.2, 0.25) is 0 Å². The van der Waals surface area contributed by atoms with E-state index in [1.165, 1.54) is 0 Å². The summed E-state index contributed by atoms with van der Waals surface area (Å²) < 4.78 is 1.85. The van der Waals surface area contributed by atoms with Gasteiger partial charge in [0.05, 0.1) is 11.8 Å². The molecule has 1 aromatic rings. The van der Waals surface area contributed by atoms with Crippen molar-refractivity contribution in [1.82, 2.24) is 9.78 Å². The lowest BCUT2D eigenvalue weighted by atomic mass is 9.70. The van der Waals surface area contributed by atoms with Gasteiger partial charge in [0.1, 0.15) is 0 Å². The molecule has 0 amide bonds. The van der Waals surface area contributed by atoms with Crippen molar-refractivity contribution in [3.8, 4) is 0 Å². The minimum Gasteiger partial charge on any atom is -0.393 e. The lowest BCUT2D eigenvalue weighted by molar-refractivity contribution is 0.0203. The molecular formula is C10H17N3O. The number of hydrogen-bond donors (Lipinski definition) is 2. The molecule has 2 rings (SSSR count). The second-order valence-electron chi connectivity index (χ2n) is 4.39. The molecule has 4 heteroatoms. The highest BCUT2D eigenvalue weighted by Crippen LogP contribution is 2.41. The third-order valence-corrected chi connectivity index (χ3v) is 3.21. The van der Waals surface area contributed by atoms with Gasteiger partial charge in [-0.15, -0.1) is 0 Å². The van der Waals surface area contributed by atoms with Gasteiger partial charge in [0.15, 0.2) is 0 Å². The topological polar surface area (TPSA) is 64.1 Å². The monoisotopic (exact) mass is 195 g/mol. The highest BCUT2D eigenvalue weighted by atomic mass is 16.3. The van der Waals surface area contributed by atoms with Gasteiger partial charge in [-0.2, -0.15) is 5.10 Å². The van der Waals surface area contributed by atoms with Crippen molar-refractivity contribution in [2.45, 2.75) is 38.3 Å². The summed E-state index contributed by atoms with van der Waals surface area (Å²) in [6.07, 6.45) is 1.07. The van der Waals surface area contributed by atoms with Crippen molar-refractivity contribution >= 4 is 0 Å². The Labute approximate surface area is 83.7 Å². The molecule has 0 aliphatic heterocycles. The second-order valence-corrected chi connectivity index (χ2v) is 4.39. The van der Waals surface area contributed by atoms with Crippen LogP contribution in [0.4, 0.5) is 0 Å². The summed E-state index contributed by atoms with van der Waals surface area (Å²) in [6, 6.07) is 0. The second kappa shape index (κ2) is 2.81. The number of aliphatic hydroxyl groups is 1. The number of aromatic nitrogens is 2. The summed E-state index contributed by atoms with van der Waals surface area (Å²) in [7, 11) is 1.92. The van der Waals surface area contributed by atoms with E-state index in [0.29, 0.717) is 12.8 Å². The van der Waals surface area contributed by atoms with E-state index >= 15 is 0 Å². The highest BCUT2D eigenvalue weighted by Gasteiger charge is 2.44. The maximum absolute atomic E-state index is 9.33. The Morgan fingerprint density at radius 1 is 1.50 bits per heavy atom. The van der Waals surface area contributed by atoms with E-state index in [4.69, 9.17) is 5.73 Å². The molecule has 1 aromatic heterocycles. The number of aliphatic hydroxyl groups excluding tert-OH is 1. The third kappa shape index (κ3) is 1.18. The molecule has 1 aliphatic rings. The predicted octanol–water partition coefficient (Wildman–Crippen LogP) is 0.346. The van der Waals surface area contributed by atoms with Crippen LogP contribution in [-0.2, 0) is 12.6 Å². The molecule has 1 fully saturated rings. The van der Waals surface area contributed by atoms with E-state index < -0.39 is 0 Å². The molecule has 1 saturated carbocycles. The van der Waals surface area contributed by atoms with Crippen LogP contribution in [0.25, 0.3) is 0 Å². The van der Waals surface area contributed by atoms with E-state index in [2.05, 4.69) is 5.10 Å². The Kier molecular flexibility index (Phi) is 1.94. The smallest absolute Gasteiger partial charge is 0.0647 e. The van der Waals surface area contributed by atoms with Gasteiger partial charge in [0, 0.05) is 23.8 Å². The third-order valence-electron chi connectivity index (χ3n) is 3.21. The molecule has 3 N–H and O–H groups in total. The van der Waals surface area contributed by atoms with Crippen LogP contribution >= 0.6 is 0 Å². The van der Waals surface area contributed by atoms with E-state index in [0.717, 1.165) is 17.0 Å². The quantitative estimate of drug-likeness (QED) is 0.679. The van der Waals surface area contributed by atoms with Crippen molar-refractivity contribution in [1.29, 1.82) is 0 Å². The number of aryl methyl sites for hydroxylation is 2. The van der Waals surface area contributed by atoms with Crippen LogP contribution in [0, 0.1) is 13.8 Å². The first-order chi connectivity index (χ1) is 6.44. The van der Waals surface area contributed by atoms with Gasteiger partial charge in [0.25, 0.3) is 0 Å². The number of rotatable bonds is 1. The minimum absolute atomic E-state index is 0.237. The molecule has 0 spiro atoms. The minimum atomic E-state index is -0.345. The first-order valence-corrected chi connectivity index (χ1v) is 4.91. The van der Waals surface area contributed by atoms with Crippen molar-refractivity contribution in [3.63, 3.8) is 0 Å². The van der Waals surface area contributed by atoms with Gasteiger partial charge in [-0.3, -0.25) is 4.68 Å². The van der Waals surface area contributed by atoms with Crippen LogP contribution in [-0.4, -0.2) is 21.0 Å². The maximum atomic E-state index is 9.33. The summed E-state index contributed by atoms with van der Waals surface area (Å²) >= 11 is 0. The lowest BCUT2D eigenvalue weighted by Gasteiger charge is -2.42. The van der Waals surface area contributed by atoms with Crippen molar-refractivity contribution < 1.29 is 5.11 Å². The van der Waals surface area contributed by atoms with E-state index in [-0.39, 0.29) is 11.6 Å². The first-order valence-electron chi connectivity index (χ1n) is 4.91. The molecule has 4 nitrogen and oxygen atoms in total. The molecule has 78 valence electrons. The fourth-order valence-corrected chi connectivity index (χ4v) is 2.48. The highest BCUT2D eigenvalue weighted by molar-refractivity contribution is 5.35. The van der Waals surface area contributed by atoms with Crippen molar-refractivity contribution in [2.24, 2.45) is 12.8 Å². The Balaban J connectivity index is 2.41. The van der Waals surface area contributed by atoms with Crippen LogP contribution < -0.4 is 5.73 Å². The Morgan fingerprint density at radius 2 is 2.07 bits per heavy atom. The number of hydrogen-bond acceptors (Lipinski definition) is 3. The van der Waals surface area contributed by atoms with Gasteiger partial charge in [0.2, 0.25) is 0 Å². The molecule has 0 aromatic carbocycles. The molecule has 1 aliphatic carbocycles. The Bertz CT molecular complexity index is 364. The lowest BCUT2D eigenvalue weighted by Crippen LogP contribution is -2.52. The van der Waals surface area contributed by atoms with Gasteiger partial charge < -0.3 is 10.8 Å². The van der Waals surface area contributed by atoms with Gasteiger partial charge in [-0.25, -0.2) is 0 Å². The average molecular weight is 195 g/mol. The maximum Gasteiger partial charge on any atom is 0.0647 e. The zero-order valence-electron chi connectivity index (χ0n) is 8.91. The molecule has 0 radical (unpaired) electrons. The zero-order chi connectivity index (χ0) is 10.5. The van der Waals surface area contributed by atoms with Gasteiger partial charge >= 0.3 is 0 Å². The predicted molar refractivity (Wildman–Crippen MR) is 53.8 cm³/mol. The molecule has 0 saturated heterocycles. The zero-order valence-corrected chi connectivity index (χ0v) is 8.91. The Hall–Kier alpha value is -0.870. The molecule has 0 bridgehead atoms. The summed E-state index contributed by atoms with van der Waals surface area (Å²) in [5.74, 6) is 0.